The van der Waals surface area contributed by atoms with Gasteiger partial charge in [-0.15, -0.1) is 0 Å². The molecule has 7 heteroatoms. The first-order chi connectivity index (χ1) is 16.2. The Hall–Kier alpha value is -3.37. The topological polar surface area (TPSA) is 111 Å². The lowest BCUT2D eigenvalue weighted by molar-refractivity contribution is 0.0957. The maximum absolute atomic E-state index is 13.1. The van der Waals surface area contributed by atoms with Crippen LogP contribution >= 0.6 is 0 Å². The van der Waals surface area contributed by atoms with Crippen LogP contribution in [0.3, 0.4) is 0 Å². The number of hydrogen-bond donors (Lipinski definition) is 3. The van der Waals surface area contributed by atoms with E-state index in [1.807, 2.05) is 48.5 Å². The molecule has 3 N–H and O–H groups in total. The predicted octanol–water partition coefficient (Wildman–Crippen LogP) is 4.59. The number of aromatic hydroxyl groups is 1. The Labute approximate surface area is 208 Å². The first-order valence-electron chi connectivity index (χ1n) is 11.8. The second-order valence-electron chi connectivity index (χ2n) is 10.6. The average Bonchev–Trinajstić information content (AvgIpc) is 2.77. The third-order valence-electron chi connectivity index (χ3n) is 5.75. The summed E-state index contributed by atoms with van der Waals surface area (Å²) >= 11 is 0. The van der Waals surface area contributed by atoms with Gasteiger partial charge in [0.2, 0.25) is 0 Å². The minimum absolute atomic E-state index is 0.0456. The zero-order valence-corrected chi connectivity index (χ0v) is 22.0. The lowest BCUT2D eigenvalue weighted by Crippen LogP contribution is -2.25. The van der Waals surface area contributed by atoms with Crippen molar-refractivity contribution in [2.75, 3.05) is 20.2 Å². The molecule has 0 fully saturated rings. The second kappa shape index (κ2) is 10.9. The molecule has 2 rings (SSSR count). The molecule has 2 aromatic carbocycles. The van der Waals surface area contributed by atoms with E-state index in [2.05, 4.69) is 16.7 Å². The van der Waals surface area contributed by atoms with E-state index in [4.69, 9.17) is 4.74 Å². The first-order valence-corrected chi connectivity index (χ1v) is 11.8. The van der Waals surface area contributed by atoms with Crippen LogP contribution in [0.2, 0.25) is 0 Å². The van der Waals surface area contributed by atoms with Crippen LogP contribution in [0.5, 0.6) is 11.5 Å². The summed E-state index contributed by atoms with van der Waals surface area (Å²) in [6, 6.07) is 8.82. The lowest BCUT2D eigenvalue weighted by Gasteiger charge is -2.28. The number of nitrogens with zero attached hydrogens (tertiary/aromatic N) is 1. The molecule has 0 unspecified atom stereocenters. The first kappa shape index (κ1) is 27.9. The number of ether oxygens (including phenoxy) is 1. The average molecular weight is 480 g/mol. The van der Waals surface area contributed by atoms with Crippen molar-refractivity contribution in [1.29, 1.82) is 5.26 Å². The van der Waals surface area contributed by atoms with Crippen molar-refractivity contribution in [1.82, 2.24) is 10.6 Å². The standard InChI is InChI=1S/C28H37N3O4/c1-9-35-24-13-19(18(14-29)10-20(24)26(34)30-8)15-31-16-23(32)17-11-21(27(2,3)4)25(33)22(12-17)28(5,6)7/h10-13,31,33H,9,15-16H2,1-8H3,(H,30,34). The molecule has 0 saturated heterocycles. The van der Waals surface area contributed by atoms with Gasteiger partial charge in [-0.1, -0.05) is 41.5 Å². The Kier molecular flexibility index (Phi) is 8.69. The molecule has 0 saturated carbocycles. The van der Waals surface area contributed by atoms with Crippen molar-refractivity contribution in [3.05, 3.63) is 57.6 Å². The van der Waals surface area contributed by atoms with Crippen molar-refractivity contribution in [3.63, 3.8) is 0 Å². The van der Waals surface area contributed by atoms with Gasteiger partial charge in [0.25, 0.3) is 5.91 Å². The smallest absolute Gasteiger partial charge is 0.254 e. The number of carbonyl (C=O) groups excluding carboxylic acids is 2. The van der Waals surface area contributed by atoms with Gasteiger partial charge in [-0.05, 0) is 47.6 Å². The molecule has 0 aliphatic carbocycles. The van der Waals surface area contributed by atoms with Crippen LogP contribution in [0.1, 0.15) is 91.4 Å². The molecule has 7 nitrogen and oxygen atoms in total. The fourth-order valence-electron chi connectivity index (χ4n) is 3.81. The molecular weight excluding hydrogens is 442 g/mol. The SMILES string of the molecule is CCOc1cc(CNCC(=O)c2cc(C(C)(C)C)c(O)c(C(C)(C)C)c2)c(C#N)cc1C(=O)NC. The van der Waals surface area contributed by atoms with Crippen molar-refractivity contribution in [3.8, 4) is 17.6 Å². The van der Waals surface area contributed by atoms with Crippen molar-refractivity contribution < 1.29 is 19.4 Å². The molecule has 0 aliphatic heterocycles. The Morgan fingerprint density at radius 1 is 1.03 bits per heavy atom. The van der Waals surface area contributed by atoms with E-state index in [0.29, 0.717) is 34.6 Å². The number of phenols is 1. The van der Waals surface area contributed by atoms with Gasteiger partial charge in [0, 0.05) is 30.3 Å². The molecule has 0 aliphatic rings. The summed E-state index contributed by atoms with van der Waals surface area (Å²) in [6.45, 7) is 14.5. The number of ketones is 1. The Bertz CT molecular complexity index is 1110. The molecule has 0 heterocycles. The van der Waals surface area contributed by atoms with Gasteiger partial charge < -0.3 is 20.5 Å². The number of hydrogen-bond acceptors (Lipinski definition) is 6. The van der Waals surface area contributed by atoms with Crippen LogP contribution in [0.4, 0.5) is 0 Å². The summed E-state index contributed by atoms with van der Waals surface area (Å²) in [7, 11) is 1.52. The summed E-state index contributed by atoms with van der Waals surface area (Å²) in [5.41, 5.74) is 2.57. The molecule has 0 radical (unpaired) electrons. The zero-order chi connectivity index (χ0) is 26.6. The van der Waals surface area contributed by atoms with Crippen LogP contribution in [-0.4, -0.2) is 37.0 Å². The number of nitriles is 1. The van der Waals surface area contributed by atoms with E-state index >= 15 is 0 Å². The fraction of sp³-hybridized carbons (Fsp3) is 0.464. The van der Waals surface area contributed by atoms with E-state index in [1.54, 1.807) is 18.2 Å². The summed E-state index contributed by atoms with van der Waals surface area (Å²) < 4.78 is 5.61. The number of phenolic OH excluding ortho intramolecular Hbond substituents is 1. The molecule has 0 atom stereocenters. The minimum Gasteiger partial charge on any atom is -0.507 e. The van der Waals surface area contributed by atoms with Crippen molar-refractivity contribution in [2.45, 2.75) is 65.8 Å². The largest absolute Gasteiger partial charge is 0.507 e. The molecular formula is C28H37N3O4. The summed E-state index contributed by atoms with van der Waals surface area (Å²) in [5.74, 6) is 0.160. The highest BCUT2D eigenvalue weighted by Gasteiger charge is 2.27. The van der Waals surface area contributed by atoms with Crippen LogP contribution in [0.15, 0.2) is 24.3 Å². The number of nitrogens with one attached hydrogen (secondary N) is 2. The van der Waals surface area contributed by atoms with E-state index in [9.17, 15) is 20.0 Å². The molecule has 2 aromatic rings. The number of Topliss-reactive ketones (excluding diaryl/α,β-unsaturated/α-hetero) is 1. The van der Waals surface area contributed by atoms with Crippen LogP contribution in [0.25, 0.3) is 0 Å². The normalized spacial score (nSPS) is 11.6. The minimum atomic E-state index is -0.337. The Balaban J connectivity index is 2.32. The zero-order valence-electron chi connectivity index (χ0n) is 22.0. The summed E-state index contributed by atoms with van der Waals surface area (Å²) in [5, 5.41) is 26.2. The Morgan fingerprint density at radius 2 is 1.60 bits per heavy atom. The number of benzene rings is 2. The molecule has 35 heavy (non-hydrogen) atoms. The summed E-state index contributed by atoms with van der Waals surface area (Å²) in [6.07, 6.45) is 0. The highest BCUT2D eigenvalue weighted by atomic mass is 16.5. The third-order valence-corrected chi connectivity index (χ3v) is 5.75. The quantitative estimate of drug-likeness (QED) is 0.478. The molecule has 0 aromatic heterocycles. The van der Waals surface area contributed by atoms with Gasteiger partial charge in [0.1, 0.15) is 11.5 Å². The van der Waals surface area contributed by atoms with Gasteiger partial charge in [-0.3, -0.25) is 9.59 Å². The maximum Gasteiger partial charge on any atom is 0.254 e. The number of amides is 1. The fourth-order valence-corrected chi connectivity index (χ4v) is 3.81. The Morgan fingerprint density at radius 3 is 2.06 bits per heavy atom. The third kappa shape index (κ3) is 6.61. The monoisotopic (exact) mass is 479 g/mol. The maximum atomic E-state index is 13.1. The lowest BCUT2D eigenvalue weighted by atomic mass is 9.78. The van der Waals surface area contributed by atoms with Crippen LogP contribution in [-0.2, 0) is 17.4 Å². The van der Waals surface area contributed by atoms with Gasteiger partial charge in [0.05, 0.1) is 30.3 Å². The van der Waals surface area contributed by atoms with Crippen LogP contribution in [0, 0.1) is 11.3 Å². The second-order valence-corrected chi connectivity index (χ2v) is 10.6. The highest BCUT2D eigenvalue weighted by Crippen LogP contribution is 2.39. The van der Waals surface area contributed by atoms with E-state index in [-0.39, 0.29) is 41.4 Å². The van der Waals surface area contributed by atoms with Gasteiger partial charge in [-0.2, -0.15) is 5.26 Å². The van der Waals surface area contributed by atoms with Crippen molar-refractivity contribution >= 4 is 11.7 Å². The molecule has 0 spiro atoms. The van der Waals surface area contributed by atoms with Crippen molar-refractivity contribution in [2.24, 2.45) is 0 Å². The van der Waals surface area contributed by atoms with E-state index in [0.717, 1.165) is 11.1 Å². The van der Waals surface area contributed by atoms with Gasteiger partial charge in [-0.25, -0.2) is 0 Å². The van der Waals surface area contributed by atoms with E-state index < -0.39 is 0 Å². The number of carbonyl (C=O) groups is 2. The van der Waals surface area contributed by atoms with Gasteiger partial charge in [0.15, 0.2) is 5.78 Å². The summed E-state index contributed by atoms with van der Waals surface area (Å²) in [4.78, 5) is 25.3. The number of rotatable bonds is 8. The molecule has 0 bridgehead atoms. The molecule has 1 amide bonds. The van der Waals surface area contributed by atoms with Crippen LogP contribution < -0.4 is 15.4 Å². The highest BCUT2D eigenvalue weighted by molar-refractivity contribution is 5.98. The van der Waals surface area contributed by atoms with Gasteiger partial charge >= 0.3 is 0 Å². The van der Waals surface area contributed by atoms with E-state index in [1.165, 1.54) is 13.1 Å². The molecule has 188 valence electrons. The predicted molar refractivity (Wildman–Crippen MR) is 137 cm³/mol.